The first kappa shape index (κ1) is 18.8. The quantitative estimate of drug-likeness (QED) is 0.760. The van der Waals surface area contributed by atoms with Gasteiger partial charge in [-0.2, -0.15) is 0 Å². The number of aliphatic imine (C=N–C) groups is 1. The number of amidine groups is 1. The van der Waals surface area contributed by atoms with E-state index >= 15 is 0 Å². The summed E-state index contributed by atoms with van der Waals surface area (Å²) in [7, 11) is 0. The van der Waals surface area contributed by atoms with Crippen LogP contribution in [0, 0.1) is 0 Å². The average Bonchev–Trinajstić information content (AvgIpc) is 2.80. The Morgan fingerprint density at radius 1 is 1.50 bits per heavy atom. The van der Waals surface area contributed by atoms with Crippen LogP contribution in [0.4, 0.5) is 5.69 Å². The van der Waals surface area contributed by atoms with Crippen LogP contribution in [0.2, 0.25) is 10.0 Å². The zero-order valence-electron chi connectivity index (χ0n) is 13.1. The summed E-state index contributed by atoms with van der Waals surface area (Å²) in [6.45, 7) is 6.34. The molecule has 0 aliphatic carbocycles. The van der Waals surface area contributed by atoms with E-state index in [1.807, 2.05) is 6.92 Å². The molecule has 0 aromatic heterocycles. The minimum Gasteiger partial charge on any atom is -0.356 e. The Balaban J connectivity index is 2.28. The number of hydrogen-bond acceptors (Lipinski definition) is 4. The molecular formula is C16H17Cl2N3O2S. The summed E-state index contributed by atoms with van der Waals surface area (Å²) in [4.78, 5) is 30.3. The first-order valence-corrected chi connectivity index (χ1v) is 8.99. The number of thioether (sulfide) groups is 1. The SMILES string of the molecule is C=CCN1C(=O)[C@H](CC(=O)NCC)SC1=Nc1cc(Cl)ccc1Cl. The lowest BCUT2D eigenvalue weighted by Gasteiger charge is -2.14. The molecule has 2 rings (SSSR count). The van der Waals surface area contributed by atoms with Crippen LogP contribution in [0.1, 0.15) is 13.3 Å². The van der Waals surface area contributed by atoms with Gasteiger partial charge in [-0.1, -0.05) is 41.0 Å². The van der Waals surface area contributed by atoms with Crippen molar-refractivity contribution in [2.75, 3.05) is 13.1 Å². The highest BCUT2D eigenvalue weighted by molar-refractivity contribution is 8.15. The molecule has 8 heteroatoms. The van der Waals surface area contributed by atoms with Crippen LogP contribution < -0.4 is 5.32 Å². The van der Waals surface area contributed by atoms with Gasteiger partial charge in [-0.3, -0.25) is 14.5 Å². The maximum absolute atomic E-state index is 12.5. The molecule has 2 amide bonds. The molecule has 1 heterocycles. The van der Waals surface area contributed by atoms with Gasteiger partial charge < -0.3 is 5.32 Å². The Morgan fingerprint density at radius 2 is 2.25 bits per heavy atom. The van der Waals surface area contributed by atoms with E-state index in [9.17, 15) is 9.59 Å². The zero-order valence-corrected chi connectivity index (χ0v) is 15.4. The van der Waals surface area contributed by atoms with E-state index in [1.165, 1.54) is 16.7 Å². The fraction of sp³-hybridized carbons (Fsp3) is 0.312. The Morgan fingerprint density at radius 3 is 2.92 bits per heavy atom. The molecular weight excluding hydrogens is 369 g/mol. The van der Waals surface area contributed by atoms with Gasteiger partial charge in [-0.25, -0.2) is 4.99 Å². The van der Waals surface area contributed by atoms with E-state index in [4.69, 9.17) is 23.2 Å². The Kier molecular flexibility index (Phi) is 6.71. The van der Waals surface area contributed by atoms with Crippen molar-refractivity contribution in [1.29, 1.82) is 0 Å². The fourth-order valence-electron chi connectivity index (χ4n) is 2.13. The van der Waals surface area contributed by atoms with Gasteiger partial charge in [-0.15, -0.1) is 6.58 Å². The molecule has 0 bridgehead atoms. The molecule has 1 fully saturated rings. The molecule has 1 aliphatic heterocycles. The van der Waals surface area contributed by atoms with Crippen LogP contribution in [0.15, 0.2) is 35.8 Å². The number of rotatable bonds is 6. The summed E-state index contributed by atoms with van der Waals surface area (Å²) in [5.74, 6) is -0.327. The third-order valence-electron chi connectivity index (χ3n) is 3.20. The van der Waals surface area contributed by atoms with Crippen LogP contribution in [0.3, 0.4) is 0 Å². The van der Waals surface area contributed by atoms with E-state index in [-0.39, 0.29) is 18.2 Å². The number of carbonyl (C=O) groups is 2. The number of carbonyl (C=O) groups excluding carboxylic acids is 2. The van der Waals surface area contributed by atoms with Crippen LogP contribution in [-0.2, 0) is 9.59 Å². The minimum atomic E-state index is -0.506. The molecule has 128 valence electrons. The van der Waals surface area contributed by atoms with E-state index in [0.717, 1.165) is 0 Å². The third-order valence-corrected chi connectivity index (χ3v) is 4.93. The van der Waals surface area contributed by atoms with Gasteiger partial charge in [0, 0.05) is 24.5 Å². The van der Waals surface area contributed by atoms with Crippen LogP contribution >= 0.6 is 35.0 Å². The number of amides is 2. The lowest BCUT2D eigenvalue weighted by molar-refractivity contribution is -0.129. The summed E-state index contributed by atoms with van der Waals surface area (Å²) in [6.07, 6.45) is 1.72. The number of hydrogen-bond donors (Lipinski definition) is 1. The van der Waals surface area contributed by atoms with Gasteiger partial charge in [0.2, 0.25) is 11.8 Å². The Bertz CT molecular complexity index is 694. The van der Waals surface area contributed by atoms with E-state index in [0.29, 0.717) is 34.0 Å². The maximum Gasteiger partial charge on any atom is 0.242 e. The van der Waals surface area contributed by atoms with Gasteiger partial charge in [-0.05, 0) is 25.1 Å². The van der Waals surface area contributed by atoms with Gasteiger partial charge in [0.05, 0.1) is 10.7 Å². The largest absolute Gasteiger partial charge is 0.356 e. The second-order valence-electron chi connectivity index (χ2n) is 4.99. The zero-order chi connectivity index (χ0) is 17.7. The maximum atomic E-state index is 12.5. The smallest absolute Gasteiger partial charge is 0.242 e. The molecule has 0 radical (unpaired) electrons. The minimum absolute atomic E-state index is 0.104. The van der Waals surface area contributed by atoms with Gasteiger partial charge in [0.1, 0.15) is 5.25 Å². The number of nitrogens with zero attached hydrogens (tertiary/aromatic N) is 2. The molecule has 5 nitrogen and oxygen atoms in total. The molecule has 1 aliphatic rings. The third kappa shape index (κ3) is 4.53. The van der Waals surface area contributed by atoms with E-state index < -0.39 is 5.25 Å². The topological polar surface area (TPSA) is 61.8 Å². The van der Waals surface area contributed by atoms with Crippen LogP contribution in [0.25, 0.3) is 0 Å². The average molecular weight is 386 g/mol. The van der Waals surface area contributed by atoms with Crippen molar-refractivity contribution < 1.29 is 9.59 Å². The summed E-state index contributed by atoms with van der Waals surface area (Å²) in [6, 6.07) is 4.94. The predicted molar refractivity (Wildman–Crippen MR) is 100 cm³/mol. The van der Waals surface area contributed by atoms with Crippen molar-refractivity contribution in [3.63, 3.8) is 0 Å². The molecule has 0 saturated carbocycles. The molecule has 1 N–H and O–H groups in total. The first-order valence-electron chi connectivity index (χ1n) is 7.35. The van der Waals surface area contributed by atoms with E-state index in [2.05, 4.69) is 16.9 Å². The lowest BCUT2D eigenvalue weighted by Crippen LogP contribution is -2.34. The highest BCUT2D eigenvalue weighted by atomic mass is 35.5. The molecule has 24 heavy (non-hydrogen) atoms. The van der Waals surface area contributed by atoms with Gasteiger partial charge in [0.15, 0.2) is 5.17 Å². The van der Waals surface area contributed by atoms with Crippen molar-refractivity contribution in [3.8, 4) is 0 Å². The predicted octanol–water partition coefficient (Wildman–Crippen LogP) is 3.64. The summed E-state index contributed by atoms with van der Waals surface area (Å²) < 4.78 is 0. The second-order valence-corrected chi connectivity index (χ2v) is 7.01. The monoisotopic (exact) mass is 385 g/mol. The van der Waals surface area contributed by atoms with Crippen LogP contribution in [0.5, 0.6) is 0 Å². The normalized spacial score (nSPS) is 19.0. The van der Waals surface area contributed by atoms with Gasteiger partial charge in [0.25, 0.3) is 0 Å². The standard InChI is InChI=1S/C16H17Cl2N3O2S/c1-3-7-21-15(23)13(9-14(22)19-4-2)24-16(21)20-12-8-10(17)5-6-11(12)18/h3,5-6,8,13H,1,4,7,9H2,2H3,(H,19,22)/t13-/m0/s1. The molecule has 1 saturated heterocycles. The molecule has 1 aromatic rings. The summed E-state index contributed by atoms with van der Waals surface area (Å²) in [5.41, 5.74) is 0.479. The Labute approximate surface area is 155 Å². The molecule has 0 unspecified atom stereocenters. The van der Waals surface area contributed by atoms with Crippen molar-refractivity contribution in [2.24, 2.45) is 4.99 Å². The van der Waals surface area contributed by atoms with Crippen molar-refractivity contribution >= 4 is 57.6 Å². The van der Waals surface area contributed by atoms with Crippen molar-refractivity contribution in [1.82, 2.24) is 10.2 Å². The van der Waals surface area contributed by atoms with Crippen LogP contribution in [-0.4, -0.2) is 40.2 Å². The van der Waals surface area contributed by atoms with E-state index in [1.54, 1.807) is 24.3 Å². The molecule has 1 aromatic carbocycles. The molecule has 0 spiro atoms. The second kappa shape index (κ2) is 8.55. The Hall–Kier alpha value is -1.50. The first-order chi connectivity index (χ1) is 11.5. The summed E-state index contributed by atoms with van der Waals surface area (Å²) in [5, 5.41) is 3.62. The van der Waals surface area contributed by atoms with Gasteiger partial charge >= 0.3 is 0 Å². The number of nitrogens with one attached hydrogen (secondary N) is 1. The lowest BCUT2D eigenvalue weighted by atomic mass is 10.2. The fourth-order valence-corrected chi connectivity index (χ4v) is 3.62. The summed E-state index contributed by atoms with van der Waals surface area (Å²) >= 11 is 13.4. The number of benzene rings is 1. The number of halogens is 2. The highest BCUT2D eigenvalue weighted by Crippen LogP contribution is 2.34. The molecule has 1 atom stereocenters. The van der Waals surface area contributed by atoms with Crippen molar-refractivity contribution in [2.45, 2.75) is 18.6 Å². The van der Waals surface area contributed by atoms with Crippen molar-refractivity contribution in [3.05, 3.63) is 40.9 Å². The highest BCUT2D eigenvalue weighted by Gasteiger charge is 2.38.